The number of ether oxygens (including phenoxy) is 1. The second-order valence-electron chi connectivity index (χ2n) is 4.65. The van der Waals surface area contributed by atoms with E-state index in [-0.39, 0.29) is 0 Å². The van der Waals surface area contributed by atoms with Gasteiger partial charge in [0.05, 0.1) is 7.11 Å². The third-order valence-corrected chi connectivity index (χ3v) is 3.66. The molecule has 0 spiro atoms. The number of benzene rings is 2. The normalized spacial score (nSPS) is 10.4. The molecule has 0 unspecified atom stereocenters. The number of anilines is 1. The maximum atomic E-state index is 6.21. The average Bonchev–Trinajstić information content (AvgIpc) is 2.48. The summed E-state index contributed by atoms with van der Waals surface area (Å²) in [5.41, 5.74) is 9.04. The molecule has 0 aliphatic carbocycles. The third kappa shape index (κ3) is 3.24. The molecule has 2 aromatic rings. The van der Waals surface area contributed by atoms with E-state index in [0.717, 1.165) is 34.1 Å². The van der Waals surface area contributed by atoms with Gasteiger partial charge in [-0.2, -0.15) is 0 Å². The lowest BCUT2D eigenvalue weighted by Crippen LogP contribution is -2.19. The molecule has 0 saturated heterocycles. The van der Waals surface area contributed by atoms with Crippen LogP contribution in [0.25, 0.3) is 0 Å². The lowest BCUT2D eigenvalue weighted by Gasteiger charge is -2.23. The molecule has 0 heterocycles. The second-order valence-corrected chi connectivity index (χ2v) is 5.05. The van der Waals surface area contributed by atoms with Crippen molar-refractivity contribution >= 4 is 17.3 Å². The summed E-state index contributed by atoms with van der Waals surface area (Å²) < 4.78 is 5.28. The highest BCUT2D eigenvalue weighted by molar-refractivity contribution is 6.31. The van der Waals surface area contributed by atoms with E-state index in [0.29, 0.717) is 6.54 Å². The number of hydrogen-bond donors (Lipinski definition) is 1. The minimum atomic E-state index is 0.492. The van der Waals surface area contributed by atoms with Gasteiger partial charge in [-0.3, -0.25) is 0 Å². The highest BCUT2D eigenvalue weighted by atomic mass is 35.5. The van der Waals surface area contributed by atoms with Gasteiger partial charge in [-0.15, -0.1) is 0 Å². The molecule has 2 rings (SSSR count). The summed E-state index contributed by atoms with van der Waals surface area (Å²) in [5, 5.41) is 0.775. The van der Waals surface area contributed by atoms with E-state index in [2.05, 4.69) is 4.90 Å². The zero-order chi connectivity index (χ0) is 14.5. The van der Waals surface area contributed by atoms with Crippen molar-refractivity contribution in [1.29, 1.82) is 0 Å². The van der Waals surface area contributed by atoms with E-state index in [1.165, 1.54) is 0 Å². The molecule has 0 aliphatic heterocycles. The van der Waals surface area contributed by atoms with Crippen LogP contribution < -0.4 is 15.4 Å². The van der Waals surface area contributed by atoms with Gasteiger partial charge in [0.15, 0.2) is 0 Å². The first-order valence-corrected chi connectivity index (χ1v) is 6.85. The summed E-state index contributed by atoms with van der Waals surface area (Å²) in [6.45, 7) is 1.21. The molecule has 2 aromatic carbocycles. The largest absolute Gasteiger partial charge is 0.497 e. The Morgan fingerprint density at radius 2 is 1.90 bits per heavy atom. The maximum absolute atomic E-state index is 6.21. The van der Waals surface area contributed by atoms with Crippen LogP contribution in [0.5, 0.6) is 5.75 Å². The molecule has 0 saturated carbocycles. The van der Waals surface area contributed by atoms with Crippen LogP contribution >= 0.6 is 11.6 Å². The molecule has 0 radical (unpaired) electrons. The molecule has 0 aromatic heterocycles. The molecule has 20 heavy (non-hydrogen) atoms. The van der Waals surface area contributed by atoms with Crippen LogP contribution in [0.3, 0.4) is 0 Å². The van der Waals surface area contributed by atoms with Gasteiger partial charge in [-0.1, -0.05) is 35.9 Å². The predicted molar refractivity (Wildman–Crippen MR) is 84.4 cm³/mol. The minimum Gasteiger partial charge on any atom is -0.497 e. The molecule has 4 heteroatoms. The van der Waals surface area contributed by atoms with Gasteiger partial charge in [-0.25, -0.2) is 0 Å². The molecular formula is C16H19ClN2O. The van der Waals surface area contributed by atoms with Crippen molar-refractivity contribution in [1.82, 2.24) is 0 Å². The Bertz CT molecular complexity index is 586. The number of nitrogens with zero attached hydrogens (tertiary/aromatic N) is 1. The van der Waals surface area contributed by atoms with Gasteiger partial charge in [0.2, 0.25) is 0 Å². The van der Waals surface area contributed by atoms with E-state index in [9.17, 15) is 0 Å². The fourth-order valence-corrected chi connectivity index (χ4v) is 2.36. The number of rotatable bonds is 5. The topological polar surface area (TPSA) is 38.5 Å². The van der Waals surface area contributed by atoms with Crippen LogP contribution in [-0.4, -0.2) is 14.2 Å². The van der Waals surface area contributed by atoms with Gasteiger partial charge in [0.1, 0.15) is 5.75 Å². The van der Waals surface area contributed by atoms with Crippen LogP contribution in [0, 0.1) is 0 Å². The number of methoxy groups -OCH3 is 1. The third-order valence-electron chi connectivity index (χ3n) is 3.29. The summed E-state index contributed by atoms with van der Waals surface area (Å²) in [4.78, 5) is 2.13. The molecule has 0 fully saturated rings. The van der Waals surface area contributed by atoms with E-state index in [1.54, 1.807) is 7.11 Å². The quantitative estimate of drug-likeness (QED) is 0.917. The predicted octanol–water partition coefficient (Wildman–Crippen LogP) is 3.44. The Morgan fingerprint density at radius 1 is 1.15 bits per heavy atom. The van der Waals surface area contributed by atoms with Gasteiger partial charge in [-0.05, 0) is 23.3 Å². The highest BCUT2D eigenvalue weighted by Gasteiger charge is 2.10. The first-order chi connectivity index (χ1) is 9.65. The Labute approximate surface area is 124 Å². The highest BCUT2D eigenvalue weighted by Crippen LogP contribution is 2.27. The van der Waals surface area contributed by atoms with Gasteiger partial charge >= 0.3 is 0 Å². The van der Waals surface area contributed by atoms with Crippen molar-refractivity contribution < 1.29 is 4.74 Å². The number of nitrogens with two attached hydrogens (primary N) is 1. The smallest absolute Gasteiger partial charge is 0.120 e. The Balaban J connectivity index is 2.28. The number of halogens is 1. The lowest BCUT2D eigenvalue weighted by atomic mass is 10.1. The fourth-order valence-electron chi connectivity index (χ4n) is 2.17. The first-order valence-electron chi connectivity index (χ1n) is 6.47. The van der Waals surface area contributed by atoms with Gasteiger partial charge in [0, 0.05) is 36.9 Å². The standard InChI is InChI=1S/C16H19ClN2O/c1-19(11-13-5-3-4-6-15(13)17)16-9-14(20-2)8-7-12(16)10-18/h3-9H,10-11,18H2,1-2H3. The molecule has 0 bridgehead atoms. The van der Waals surface area contributed by atoms with Crippen LogP contribution in [0.15, 0.2) is 42.5 Å². The van der Waals surface area contributed by atoms with Crippen molar-refractivity contribution in [3.05, 3.63) is 58.6 Å². The second kappa shape index (κ2) is 6.64. The van der Waals surface area contributed by atoms with Crippen molar-refractivity contribution in [2.24, 2.45) is 5.73 Å². The zero-order valence-corrected chi connectivity index (χ0v) is 12.5. The van der Waals surface area contributed by atoms with Gasteiger partial charge < -0.3 is 15.4 Å². The molecule has 2 N–H and O–H groups in total. The number of hydrogen-bond acceptors (Lipinski definition) is 3. The van der Waals surface area contributed by atoms with Crippen LogP contribution in [0.1, 0.15) is 11.1 Å². The van der Waals surface area contributed by atoms with E-state index < -0.39 is 0 Å². The summed E-state index contributed by atoms with van der Waals surface area (Å²) >= 11 is 6.21. The summed E-state index contributed by atoms with van der Waals surface area (Å²) in [6.07, 6.45) is 0. The Morgan fingerprint density at radius 3 is 2.55 bits per heavy atom. The molecule has 0 amide bonds. The fraction of sp³-hybridized carbons (Fsp3) is 0.250. The summed E-state index contributed by atoms with van der Waals surface area (Å²) in [7, 11) is 3.69. The SMILES string of the molecule is COc1ccc(CN)c(N(C)Cc2ccccc2Cl)c1. The van der Waals surface area contributed by atoms with Crippen LogP contribution in [-0.2, 0) is 13.1 Å². The van der Waals surface area contributed by atoms with E-state index in [1.807, 2.05) is 49.5 Å². The molecule has 0 atom stereocenters. The van der Waals surface area contributed by atoms with Crippen molar-refractivity contribution in [2.75, 3.05) is 19.1 Å². The Hall–Kier alpha value is -1.71. The van der Waals surface area contributed by atoms with Crippen LogP contribution in [0.2, 0.25) is 5.02 Å². The monoisotopic (exact) mass is 290 g/mol. The van der Waals surface area contributed by atoms with Crippen molar-refractivity contribution in [2.45, 2.75) is 13.1 Å². The lowest BCUT2D eigenvalue weighted by molar-refractivity contribution is 0.414. The van der Waals surface area contributed by atoms with E-state index in [4.69, 9.17) is 22.1 Å². The maximum Gasteiger partial charge on any atom is 0.120 e. The average molecular weight is 291 g/mol. The Kier molecular flexibility index (Phi) is 4.88. The minimum absolute atomic E-state index is 0.492. The first kappa shape index (κ1) is 14.7. The molecule has 3 nitrogen and oxygen atoms in total. The zero-order valence-electron chi connectivity index (χ0n) is 11.8. The van der Waals surface area contributed by atoms with Crippen molar-refractivity contribution in [3.8, 4) is 5.75 Å². The molecule has 0 aliphatic rings. The molecular weight excluding hydrogens is 272 g/mol. The van der Waals surface area contributed by atoms with Crippen LogP contribution in [0.4, 0.5) is 5.69 Å². The summed E-state index contributed by atoms with van der Waals surface area (Å²) in [6, 6.07) is 13.8. The molecule has 106 valence electrons. The van der Waals surface area contributed by atoms with Crippen molar-refractivity contribution in [3.63, 3.8) is 0 Å². The van der Waals surface area contributed by atoms with E-state index >= 15 is 0 Å². The summed E-state index contributed by atoms with van der Waals surface area (Å²) in [5.74, 6) is 0.822. The van der Waals surface area contributed by atoms with Gasteiger partial charge in [0.25, 0.3) is 0 Å².